The van der Waals surface area contributed by atoms with Gasteiger partial charge in [-0.25, -0.2) is 0 Å². The smallest absolute Gasteiger partial charge is 0.0345 e. The summed E-state index contributed by atoms with van der Waals surface area (Å²) in [6.07, 6.45) is 2.48. The number of nitrogens with zero attached hydrogens (tertiary/aromatic N) is 1. The first-order chi connectivity index (χ1) is 7.40. The Hall–Kier alpha value is -0.380. The predicted molar refractivity (Wildman–Crippen MR) is 66.5 cm³/mol. The van der Waals surface area contributed by atoms with Crippen LogP contribution in [0.5, 0.6) is 0 Å². The third-order valence-electron chi connectivity index (χ3n) is 3.01. The molecule has 2 nitrogen and oxygen atoms in total. The summed E-state index contributed by atoms with van der Waals surface area (Å²) < 4.78 is 0. The van der Waals surface area contributed by atoms with E-state index < -0.39 is 0 Å². The van der Waals surface area contributed by atoms with E-state index in [2.05, 4.69) is 34.7 Å². The first-order valence-corrected chi connectivity index (χ1v) is 6.75. The molecule has 1 aliphatic rings. The van der Waals surface area contributed by atoms with Crippen molar-refractivity contribution in [1.82, 2.24) is 10.2 Å². The number of hydrogen-bond acceptors (Lipinski definition) is 3. The molecule has 0 spiro atoms. The van der Waals surface area contributed by atoms with Gasteiger partial charge in [-0.2, -0.15) is 0 Å². The van der Waals surface area contributed by atoms with Crippen molar-refractivity contribution in [1.29, 1.82) is 0 Å². The Bertz CT molecular complexity index is 267. The van der Waals surface area contributed by atoms with Crippen LogP contribution in [0.15, 0.2) is 17.5 Å². The molecule has 0 aliphatic carbocycles. The maximum Gasteiger partial charge on any atom is 0.0345 e. The summed E-state index contributed by atoms with van der Waals surface area (Å²) in [5, 5.41) is 5.53. The van der Waals surface area contributed by atoms with Crippen LogP contribution in [0.4, 0.5) is 0 Å². The molecular formula is C12H20N2S. The lowest BCUT2D eigenvalue weighted by molar-refractivity contribution is 0.147. The molecule has 0 atom stereocenters. The average molecular weight is 224 g/mol. The normalized spacial score (nSPS) is 16.9. The van der Waals surface area contributed by atoms with Gasteiger partial charge in [0.2, 0.25) is 0 Å². The Labute approximate surface area is 96.3 Å². The minimum atomic E-state index is 0.796. The maximum absolute atomic E-state index is 3.35. The molecule has 1 fully saturated rings. The van der Waals surface area contributed by atoms with E-state index in [1.165, 1.54) is 43.9 Å². The quantitative estimate of drug-likeness (QED) is 0.795. The van der Waals surface area contributed by atoms with Crippen molar-refractivity contribution >= 4 is 11.3 Å². The topological polar surface area (TPSA) is 15.3 Å². The number of hydrogen-bond donors (Lipinski definition) is 1. The summed E-state index contributed by atoms with van der Waals surface area (Å²) in [7, 11) is 0. The first-order valence-electron chi connectivity index (χ1n) is 5.87. The van der Waals surface area contributed by atoms with Crippen molar-refractivity contribution in [3.05, 3.63) is 22.4 Å². The number of thiophene rings is 1. The highest BCUT2D eigenvalue weighted by molar-refractivity contribution is 7.09. The fraction of sp³-hybridized carbons (Fsp3) is 0.667. The van der Waals surface area contributed by atoms with Gasteiger partial charge in [-0.15, -0.1) is 11.3 Å². The van der Waals surface area contributed by atoms with Crippen molar-refractivity contribution in [2.45, 2.75) is 25.8 Å². The second-order valence-corrected chi connectivity index (χ2v) is 5.21. The van der Waals surface area contributed by atoms with Gasteiger partial charge >= 0.3 is 0 Å². The third kappa shape index (κ3) is 3.03. The van der Waals surface area contributed by atoms with E-state index in [-0.39, 0.29) is 0 Å². The zero-order valence-corrected chi connectivity index (χ0v) is 10.2. The summed E-state index contributed by atoms with van der Waals surface area (Å²) in [6, 6.07) is 5.19. The van der Waals surface area contributed by atoms with E-state index in [1.807, 2.05) is 11.3 Å². The van der Waals surface area contributed by atoms with Crippen LogP contribution in [0.1, 0.15) is 18.2 Å². The monoisotopic (exact) mass is 224 g/mol. The molecule has 3 heteroatoms. The molecule has 0 saturated carbocycles. The zero-order valence-electron chi connectivity index (χ0n) is 9.41. The van der Waals surface area contributed by atoms with Crippen molar-refractivity contribution in [3.63, 3.8) is 0 Å². The lowest BCUT2D eigenvalue weighted by Gasteiger charge is -2.38. The highest BCUT2D eigenvalue weighted by atomic mass is 32.1. The van der Waals surface area contributed by atoms with E-state index >= 15 is 0 Å². The van der Waals surface area contributed by atoms with E-state index in [1.54, 1.807) is 0 Å². The van der Waals surface area contributed by atoms with Crippen molar-refractivity contribution < 1.29 is 0 Å². The van der Waals surface area contributed by atoms with Gasteiger partial charge in [0.15, 0.2) is 0 Å². The lowest BCUT2D eigenvalue weighted by atomic mass is 10.1. The Morgan fingerprint density at radius 1 is 1.47 bits per heavy atom. The maximum atomic E-state index is 3.35. The summed E-state index contributed by atoms with van der Waals surface area (Å²) in [6.45, 7) is 7.11. The molecule has 0 aromatic carbocycles. The highest BCUT2D eigenvalue weighted by Crippen LogP contribution is 2.12. The van der Waals surface area contributed by atoms with Gasteiger partial charge in [0.1, 0.15) is 0 Å². The highest BCUT2D eigenvalue weighted by Gasteiger charge is 2.23. The van der Waals surface area contributed by atoms with E-state index in [0.717, 1.165) is 6.04 Å². The Morgan fingerprint density at radius 2 is 2.33 bits per heavy atom. The van der Waals surface area contributed by atoms with Crippen molar-refractivity contribution in [2.24, 2.45) is 0 Å². The molecule has 0 bridgehead atoms. The van der Waals surface area contributed by atoms with Crippen LogP contribution in [0.2, 0.25) is 0 Å². The molecule has 1 aromatic heterocycles. The van der Waals surface area contributed by atoms with Crippen molar-refractivity contribution in [3.8, 4) is 0 Å². The van der Waals surface area contributed by atoms with Crippen LogP contribution in [-0.2, 0) is 6.42 Å². The molecule has 0 unspecified atom stereocenters. The van der Waals surface area contributed by atoms with Gasteiger partial charge in [0.05, 0.1) is 0 Å². The van der Waals surface area contributed by atoms with Crippen LogP contribution >= 0.6 is 11.3 Å². The molecule has 1 aliphatic heterocycles. The number of rotatable bonds is 6. The zero-order chi connectivity index (χ0) is 10.5. The van der Waals surface area contributed by atoms with E-state index in [0.29, 0.717) is 0 Å². The molecule has 1 aromatic rings. The fourth-order valence-electron chi connectivity index (χ4n) is 2.00. The summed E-state index contributed by atoms with van der Waals surface area (Å²) in [5.74, 6) is 0. The van der Waals surface area contributed by atoms with E-state index in [4.69, 9.17) is 0 Å². The second-order valence-electron chi connectivity index (χ2n) is 4.18. The second kappa shape index (κ2) is 5.64. The van der Waals surface area contributed by atoms with Gasteiger partial charge in [0, 0.05) is 30.6 Å². The van der Waals surface area contributed by atoms with E-state index in [9.17, 15) is 0 Å². The van der Waals surface area contributed by atoms with Crippen LogP contribution in [0, 0.1) is 0 Å². The van der Waals surface area contributed by atoms with Gasteiger partial charge in [-0.05, 0) is 30.8 Å². The van der Waals surface area contributed by atoms with Crippen LogP contribution in [-0.4, -0.2) is 37.1 Å². The average Bonchev–Trinajstić information content (AvgIpc) is 2.64. The van der Waals surface area contributed by atoms with Gasteiger partial charge in [-0.1, -0.05) is 13.0 Å². The minimum absolute atomic E-state index is 0.796. The van der Waals surface area contributed by atoms with Crippen molar-refractivity contribution in [2.75, 3.05) is 26.2 Å². The molecule has 0 radical (unpaired) electrons. The van der Waals surface area contributed by atoms with Crippen LogP contribution < -0.4 is 5.32 Å². The molecule has 84 valence electrons. The van der Waals surface area contributed by atoms with Gasteiger partial charge in [0.25, 0.3) is 0 Å². The Balaban J connectivity index is 1.78. The molecule has 2 heterocycles. The molecule has 0 amide bonds. The first kappa shape index (κ1) is 11.1. The SMILES string of the molecule is CCCN(CCc1cccs1)C1CNC1. The summed E-state index contributed by atoms with van der Waals surface area (Å²) in [4.78, 5) is 4.15. The molecule has 2 rings (SSSR count). The fourth-order valence-corrected chi connectivity index (χ4v) is 2.70. The molecule has 1 N–H and O–H groups in total. The lowest BCUT2D eigenvalue weighted by Crippen LogP contribution is -2.57. The summed E-state index contributed by atoms with van der Waals surface area (Å²) in [5.41, 5.74) is 0. The largest absolute Gasteiger partial charge is 0.314 e. The summed E-state index contributed by atoms with van der Waals surface area (Å²) >= 11 is 1.88. The standard InChI is InChI=1S/C12H20N2S/c1-2-6-14(11-9-13-10-11)7-5-12-4-3-8-15-12/h3-4,8,11,13H,2,5-7,9-10H2,1H3. The van der Waals surface area contributed by atoms with Crippen LogP contribution in [0.25, 0.3) is 0 Å². The third-order valence-corrected chi connectivity index (χ3v) is 3.95. The molecular weight excluding hydrogens is 204 g/mol. The van der Waals surface area contributed by atoms with Crippen LogP contribution in [0.3, 0.4) is 0 Å². The van der Waals surface area contributed by atoms with Gasteiger partial charge < -0.3 is 5.32 Å². The number of nitrogens with one attached hydrogen (secondary N) is 1. The van der Waals surface area contributed by atoms with Gasteiger partial charge in [-0.3, -0.25) is 4.90 Å². The Kier molecular flexibility index (Phi) is 4.18. The molecule has 1 saturated heterocycles. The minimum Gasteiger partial charge on any atom is -0.314 e. The Morgan fingerprint density at radius 3 is 2.87 bits per heavy atom. The molecule has 15 heavy (non-hydrogen) atoms. The predicted octanol–water partition coefficient (Wildman–Crippen LogP) is 1.97.